The Kier molecular flexibility index (Phi) is 5.64. The van der Waals surface area contributed by atoms with Crippen molar-refractivity contribution in [2.24, 2.45) is 22.4 Å². The molecule has 4 N–H and O–H groups in total. The van der Waals surface area contributed by atoms with Gasteiger partial charge in [0.05, 0.1) is 6.54 Å². The quantitative estimate of drug-likeness (QED) is 0.560. The second-order valence-electron chi connectivity index (χ2n) is 5.81. The van der Waals surface area contributed by atoms with Gasteiger partial charge in [-0.1, -0.05) is 19.3 Å². The van der Waals surface area contributed by atoms with E-state index in [1.165, 1.54) is 19.3 Å². The predicted molar refractivity (Wildman–Crippen MR) is 80.3 cm³/mol. The molecule has 20 heavy (non-hydrogen) atoms. The van der Waals surface area contributed by atoms with Gasteiger partial charge in [-0.2, -0.15) is 0 Å². The van der Waals surface area contributed by atoms with Gasteiger partial charge in [-0.15, -0.1) is 0 Å². The van der Waals surface area contributed by atoms with Gasteiger partial charge in [-0.25, -0.2) is 0 Å². The Morgan fingerprint density at radius 1 is 1.05 bits per heavy atom. The molecule has 0 unspecified atom stereocenters. The second kappa shape index (κ2) is 7.47. The molecule has 0 bridgehead atoms. The number of carbonyl (C=O) groups is 1. The van der Waals surface area contributed by atoms with Gasteiger partial charge >= 0.3 is 0 Å². The Balaban J connectivity index is 1.70. The van der Waals surface area contributed by atoms with Crippen LogP contribution in [0, 0.1) is 5.92 Å². The molecule has 0 atom stereocenters. The fourth-order valence-electron chi connectivity index (χ4n) is 3.12. The average Bonchev–Trinajstić information content (AvgIpc) is 2.48. The van der Waals surface area contributed by atoms with Crippen molar-refractivity contribution in [2.45, 2.75) is 32.1 Å². The monoisotopic (exact) mass is 281 g/mol. The maximum atomic E-state index is 12.4. The van der Waals surface area contributed by atoms with Gasteiger partial charge in [0.15, 0.2) is 5.96 Å². The van der Waals surface area contributed by atoms with E-state index in [1.807, 2.05) is 4.90 Å². The third-order valence-electron chi connectivity index (χ3n) is 4.35. The zero-order valence-corrected chi connectivity index (χ0v) is 12.3. The van der Waals surface area contributed by atoms with Crippen LogP contribution in [0.1, 0.15) is 32.1 Å². The van der Waals surface area contributed by atoms with E-state index in [4.69, 9.17) is 11.5 Å². The number of hydrogen-bond acceptors (Lipinski definition) is 3. The van der Waals surface area contributed by atoms with Gasteiger partial charge in [-0.05, 0) is 12.8 Å². The molecule has 0 spiro atoms. The van der Waals surface area contributed by atoms with Gasteiger partial charge in [0.25, 0.3) is 0 Å². The van der Waals surface area contributed by atoms with Crippen molar-refractivity contribution < 1.29 is 4.79 Å². The Hall–Kier alpha value is -1.30. The van der Waals surface area contributed by atoms with Crippen molar-refractivity contribution >= 4 is 11.9 Å². The SMILES string of the molecule is NC(N)=NCCN1CCN(C(=O)C2CCCCC2)CC1. The maximum Gasteiger partial charge on any atom is 0.225 e. The van der Waals surface area contributed by atoms with E-state index in [-0.39, 0.29) is 11.9 Å². The van der Waals surface area contributed by atoms with Crippen LogP contribution in [-0.4, -0.2) is 60.9 Å². The van der Waals surface area contributed by atoms with E-state index >= 15 is 0 Å². The smallest absolute Gasteiger partial charge is 0.225 e. The Morgan fingerprint density at radius 3 is 2.30 bits per heavy atom. The summed E-state index contributed by atoms with van der Waals surface area (Å²) in [7, 11) is 0. The molecule has 1 aliphatic heterocycles. The first-order valence-corrected chi connectivity index (χ1v) is 7.73. The summed E-state index contributed by atoms with van der Waals surface area (Å²) in [6, 6.07) is 0. The molecule has 1 saturated heterocycles. The molecule has 0 aromatic heterocycles. The van der Waals surface area contributed by atoms with E-state index in [1.54, 1.807) is 0 Å². The van der Waals surface area contributed by atoms with Crippen molar-refractivity contribution in [3.05, 3.63) is 0 Å². The molecule has 114 valence electrons. The molecule has 6 nitrogen and oxygen atoms in total. The summed E-state index contributed by atoms with van der Waals surface area (Å²) in [6.07, 6.45) is 5.90. The van der Waals surface area contributed by atoms with Crippen LogP contribution in [-0.2, 0) is 4.79 Å². The number of amides is 1. The van der Waals surface area contributed by atoms with E-state index in [2.05, 4.69) is 9.89 Å². The molecule has 2 aliphatic rings. The summed E-state index contributed by atoms with van der Waals surface area (Å²) in [4.78, 5) is 20.8. The first kappa shape index (κ1) is 15.1. The highest BCUT2D eigenvalue weighted by Crippen LogP contribution is 2.25. The molecule has 1 saturated carbocycles. The van der Waals surface area contributed by atoms with Gasteiger partial charge in [0.2, 0.25) is 5.91 Å². The Bertz CT molecular complexity index is 339. The van der Waals surface area contributed by atoms with Crippen molar-refractivity contribution in [1.29, 1.82) is 0 Å². The van der Waals surface area contributed by atoms with Crippen molar-refractivity contribution in [2.75, 3.05) is 39.3 Å². The minimum absolute atomic E-state index is 0.149. The highest BCUT2D eigenvalue weighted by atomic mass is 16.2. The Morgan fingerprint density at radius 2 is 1.70 bits per heavy atom. The lowest BCUT2D eigenvalue weighted by Crippen LogP contribution is -2.51. The van der Waals surface area contributed by atoms with Gasteiger partial charge in [0.1, 0.15) is 0 Å². The summed E-state index contributed by atoms with van der Waals surface area (Å²) < 4.78 is 0. The molecule has 0 aromatic carbocycles. The van der Waals surface area contributed by atoms with Crippen LogP contribution in [0.15, 0.2) is 4.99 Å². The van der Waals surface area contributed by atoms with E-state index < -0.39 is 0 Å². The van der Waals surface area contributed by atoms with Crippen molar-refractivity contribution in [3.8, 4) is 0 Å². The highest BCUT2D eigenvalue weighted by molar-refractivity contribution is 5.79. The average molecular weight is 281 g/mol. The minimum Gasteiger partial charge on any atom is -0.370 e. The highest BCUT2D eigenvalue weighted by Gasteiger charge is 2.28. The lowest BCUT2D eigenvalue weighted by molar-refractivity contribution is -0.138. The first-order valence-electron chi connectivity index (χ1n) is 7.73. The maximum absolute atomic E-state index is 12.4. The number of hydrogen-bond donors (Lipinski definition) is 2. The zero-order chi connectivity index (χ0) is 14.4. The number of carbonyl (C=O) groups excluding carboxylic acids is 1. The Labute approximate surface area is 121 Å². The predicted octanol–water partition coefficient (Wildman–Crippen LogP) is -0.0157. The third-order valence-corrected chi connectivity index (χ3v) is 4.35. The molecule has 1 amide bonds. The molecule has 1 heterocycles. The number of piperazine rings is 1. The normalized spacial score (nSPS) is 21.7. The molecular formula is C14H27N5O. The summed E-state index contributed by atoms with van der Waals surface area (Å²) in [5, 5.41) is 0. The third kappa shape index (κ3) is 4.37. The summed E-state index contributed by atoms with van der Waals surface area (Å²) in [5.74, 6) is 0.821. The molecule has 0 radical (unpaired) electrons. The van der Waals surface area contributed by atoms with Crippen LogP contribution < -0.4 is 11.5 Å². The van der Waals surface area contributed by atoms with Gasteiger partial charge in [-0.3, -0.25) is 14.7 Å². The molecule has 2 fully saturated rings. The lowest BCUT2D eigenvalue weighted by atomic mass is 9.88. The second-order valence-corrected chi connectivity index (χ2v) is 5.81. The number of aliphatic imine (C=N–C) groups is 1. The largest absolute Gasteiger partial charge is 0.370 e. The number of nitrogens with two attached hydrogens (primary N) is 2. The number of nitrogens with zero attached hydrogens (tertiary/aromatic N) is 3. The van der Waals surface area contributed by atoms with Crippen molar-refractivity contribution in [3.63, 3.8) is 0 Å². The lowest BCUT2D eigenvalue weighted by Gasteiger charge is -2.37. The van der Waals surface area contributed by atoms with Crippen LogP contribution >= 0.6 is 0 Å². The van der Waals surface area contributed by atoms with Gasteiger partial charge < -0.3 is 16.4 Å². The minimum atomic E-state index is 0.149. The summed E-state index contributed by atoms with van der Waals surface area (Å²) in [5.41, 5.74) is 10.6. The van der Waals surface area contributed by atoms with Gasteiger partial charge in [0, 0.05) is 38.6 Å². The van der Waals surface area contributed by atoms with Crippen LogP contribution in [0.3, 0.4) is 0 Å². The molecule has 0 aromatic rings. The fraction of sp³-hybridized carbons (Fsp3) is 0.857. The summed E-state index contributed by atoms with van der Waals surface area (Å²) in [6.45, 7) is 5.05. The number of rotatable bonds is 4. The topological polar surface area (TPSA) is 87.9 Å². The standard InChI is InChI=1S/C14H27N5O/c15-14(16)17-6-7-18-8-10-19(11-9-18)13(20)12-4-2-1-3-5-12/h12H,1-11H2,(H4,15,16,17). The van der Waals surface area contributed by atoms with Crippen molar-refractivity contribution in [1.82, 2.24) is 9.80 Å². The molecular weight excluding hydrogens is 254 g/mol. The molecule has 6 heteroatoms. The van der Waals surface area contributed by atoms with Crippen LogP contribution in [0.5, 0.6) is 0 Å². The molecule has 2 rings (SSSR count). The molecule has 1 aliphatic carbocycles. The van der Waals surface area contributed by atoms with Crippen LogP contribution in [0.4, 0.5) is 0 Å². The zero-order valence-electron chi connectivity index (χ0n) is 12.3. The van der Waals surface area contributed by atoms with Crippen LogP contribution in [0.25, 0.3) is 0 Å². The fourth-order valence-corrected chi connectivity index (χ4v) is 3.12. The van der Waals surface area contributed by atoms with Crippen LogP contribution in [0.2, 0.25) is 0 Å². The number of guanidine groups is 1. The first-order chi connectivity index (χ1) is 9.66. The van der Waals surface area contributed by atoms with E-state index in [9.17, 15) is 4.79 Å². The summed E-state index contributed by atoms with van der Waals surface area (Å²) >= 11 is 0. The van der Waals surface area contributed by atoms with E-state index in [0.717, 1.165) is 45.6 Å². The van der Waals surface area contributed by atoms with E-state index in [0.29, 0.717) is 12.5 Å².